The molecule has 0 aliphatic heterocycles. The van der Waals surface area contributed by atoms with Crippen LogP contribution in [-0.2, 0) is 0 Å². The Kier molecular flexibility index (Phi) is 3.57. The summed E-state index contributed by atoms with van der Waals surface area (Å²) in [6, 6.07) is 9.33. The molecule has 0 saturated carbocycles. The molecule has 0 atom stereocenters. The smallest absolute Gasteiger partial charge is 0.332 e. The minimum atomic E-state index is -0.266. The minimum absolute atomic E-state index is 0.266. The lowest BCUT2D eigenvalue weighted by molar-refractivity contribution is 0.343. The third-order valence-corrected chi connectivity index (χ3v) is 4.08. The van der Waals surface area contributed by atoms with Crippen molar-refractivity contribution < 1.29 is 4.74 Å². The maximum atomic E-state index is 12.6. The first-order chi connectivity index (χ1) is 12.2. The first-order valence-electron chi connectivity index (χ1n) is 7.97. The number of ether oxygens (including phenoxy) is 1. The van der Waals surface area contributed by atoms with Gasteiger partial charge in [0.05, 0.1) is 17.8 Å². The van der Waals surface area contributed by atoms with Crippen LogP contribution in [0.15, 0.2) is 54.1 Å². The Labute approximate surface area is 143 Å². The highest BCUT2D eigenvalue weighted by atomic mass is 16.5. The molecule has 124 valence electrons. The lowest BCUT2D eigenvalue weighted by Gasteiger charge is -2.09. The second kappa shape index (κ2) is 5.90. The number of pyridine rings is 2. The molecule has 0 fully saturated rings. The number of hydrogen-bond donors (Lipinski definition) is 1. The third-order valence-electron chi connectivity index (χ3n) is 4.08. The van der Waals surface area contributed by atoms with E-state index in [4.69, 9.17) is 4.74 Å². The molecule has 0 aliphatic rings. The number of nitrogens with zero attached hydrogens (tertiary/aromatic N) is 3. The highest BCUT2D eigenvalue weighted by Gasteiger charge is 2.15. The van der Waals surface area contributed by atoms with Crippen molar-refractivity contribution in [1.82, 2.24) is 19.5 Å². The summed E-state index contributed by atoms with van der Waals surface area (Å²) in [4.78, 5) is 23.9. The van der Waals surface area contributed by atoms with Crippen LogP contribution in [0.25, 0.3) is 33.8 Å². The van der Waals surface area contributed by atoms with Crippen LogP contribution in [0.4, 0.5) is 0 Å². The van der Waals surface area contributed by atoms with Crippen molar-refractivity contribution in [2.24, 2.45) is 0 Å². The fourth-order valence-electron chi connectivity index (χ4n) is 2.99. The van der Waals surface area contributed by atoms with Gasteiger partial charge < -0.3 is 4.74 Å². The number of imidazole rings is 1. The average Bonchev–Trinajstić information content (AvgIpc) is 2.98. The van der Waals surface area contributed by atoms with Crippen LogP contribution in [0.5, 0.6) is 5.75 Å². The van der Waals surface area contributed by atoms with Crippen LogP contribution >= 0.6 is 0 Å². The molecule has 6 nitrogen and oxygen atoms in total. The van der Waals surface area contributed by atoms with E-state index in [1.165, 1.54) is 0 Å². The molecule has 1 N–H and O–H groups in total. The highest BCUT2D eigenvalue weighted by molar-refractivity contribution is 5.90. The monoisotopic (exact) mass is 332 g/mol. The summed E-state index contributed by atoms with van der Waals surface area (Å²) < 4.78 is 7.25. The van der Waals surface area contributed by atoms with Gasteiger partial charge in [0.2, 0.25) is 0 Å². The van der Waals surface area contributed by atoms with E-state index in [0.29, 0.717) is 29.2 Å². The van der Waals surface area contributed by atoms with E-state index in [-0.39, 0.29) is 5.69 Å². The molecule has 0 unspecified atom stereocenters. The zero-order valence-corrected chi connectivity index (χ0v) is 13.7. The van der Waals surface area contributed by atoms with Gasteiger partial charge in [-0.25, -0.2) is 9.78 Å². The van der Waals surface area contributed by atoms with E-state index in [1.54, 1.807) is 29.1 Å². The first kappa shape index (κ1) is 15.1. The molecule has 0 spiro atoms. The number of nitrogens with one attached hydrogen (secondary N) is 1. The van der Waals surface area contributed by atoms with E-state index < -0.39 is 0 Å². The van der Waals surface area contributed by atoms with Crippen LogP contribution in [0.2, 0.25) is 0 Å². The van der Waals surface area contributed by atoms with Gasteiger partial charge in [-0.15, -0.1) is 0 Å². The van der Waals surface area contributed by atoms with Gasteiger partial charge in [-0.3, -0.25) is 14.5 Å². The molecular weight excluding hydrogens is 316 g/mol. The summed E-state index contributed by atoms with van der Waals surface area (Å²) in [5.74, 6) is 0.612. The molecule has 4 rings (SSSR count). The van der Waals surface area contributed by atoms with Gasteiger partial charge in [0.15, 0.2) is 5.65 Å². The predicted molar refractivity (Wildman–Crippen MR) is 98.3 cm³/mol. The van der Waals surface area contributed by atoms with Crippen molar-refractivity contribution in [3.05, 3.63) is 65.4 Å². The topological polar surface area (TPSA) is 72.8 Å². The predicted octanol–water partition coefficient (Wildman–Crippen LogP) is 3.30. The van der Waals surface area contributed by atoms with E-state index in [2.05, 4.69) is 21.5 Å². The molecule has 3 aromatic heterocycles. The molecule has 25 heavy (non-hydrogen) atoms. The molecule has 3 heterocycles. The van der Waals surface area contributed by atoms with Crippen LogP contribution in [0.1, 0.15) is 12.5 Å². The maximum Gasteiger partial charge on any atom is 0.332 e. The Morgan fingerprint density at radius 3 is 2.88 bits per heavy atom. The van der Waals surface area contributed by atoms with Crippen molar-refractivity contribution >= 4 is 28.1 Å². The second-order valence-electron chi connectivity index (χ2n) is 5.51. The van der Waals surface area contributed by atoms with Crippen molar-refractivity contribution in [3.8, 4) is 11.4 Å². The molecule has 0 aliphatic carbocycles. The largest absolute Gasteiger partial charge is 0.491 e. The molecule has 0 bridgehead atoms. The zero-order chi connectivity index (χ0) is 17.4. The number of H-pyrrole nitrogens is 1. The number of benzene rings is 1. The lowest BCUT2D eigenvalue weighted by Crippen LogP contribution is -2.15. The summed E-state index contributed by atoms with van der Waals surface area (Å²) in [5, 5.41) is 0.929. The van der Waals surface area contributed by atoms with E-state index in [9.17, 15) is 4.79 Å². The summed E-state index contributed by atoms with van der Waals surface area (Å²) >= 11 is 0. The van der Waals surface area contributed by atoms with Crippen molar-refractivity contribution in [1.29, 1.82) is 0 Å². The molecule has 4 aromatic rings. The fourth-order valence-corrected chi connectivity index (χ4v) is 2.99. The van der Waals surface area contributed by atoms with Crippen molar-refractivity contribution in [2.75, 3.05) is 6.61 Å². The van der Waals surface area contributed by atoms with E-state index in [0.717, 1.165) is 16.5 Å². The maximum absolute atomic E-state index is 12.6. The summed E-state index contributed by atoms with van der Waals surface area (Å²) in [6.07, 6.45) is 5.14. The van der Waals surface area contributed by atoms with Gasteiger partial charge in [0.25, 0.3) is 0 Å². The number of aromatic nitrogens is 4. The van der Waals surface area contributed by atoms with Crippen molar-refractivity contribution in [2.45, 2.75) is 6.92 Å². The Bertz CT molecular complexity index is 1160. The summed E-state index contributed by atoms with van der Waals surface area (Å²) in [6.45, 7) is 6.25. The number of hydrogen-bond acceptors (Lipinski definition) is 4. The Morgan fingerprint density at radius 1 is 1.24 bits per heavy atom. The Hall–Kier alpha value is -3.41. The highest BCUT2D eigenvalue weighted by Crippen LogP contribution is 2.27. The van der Waals surface area contributed by atoms with Gasteiger partial charge in [-0.2, -0.15) is 0 Å². The lowest BCUT2D eigenvalue weighted by atomic mass is 10.1. The number of fused-ring (bicyclic) bond motifs is 2. The number of aromatic amines is 1. The van der Waals surface area contributed by atoms with Gasteiger partial charge in [-0.1, -0.05) is 12.7 Å². The van der Waals surface area contributed by atoms with Crippen LogP contribution in [0.3, 0.4) is 0 Å². The molecule has 1 aromatic carbocycles. The minimum Gasteiger partial charge on any atom is -0.491 e. The van der Waals surface area contributed by atoms with Crippen molar-refractivity contribution in [3.63, 3.8) is 0 Å². The molecule has 6 heteroatoms. The van der Waals surface area contributed by atoms with Gasteiger partial charge in [0.1, 0.15) is 11.3 Å². The Morgan fingerprint density at radius 2 is 2.08 bits per heavy atom. The first-order valence-corrected chi connectivity index (χ1v) is 7.97. The standard InChI is InChI=1S/C19H16N4O2/c1-3-12-7-9-20-15-6-5-13(11-14(12)15)23-17-16(25-4-2)8-10-21-18(17)22-19(23)24/h3,5-11H,1,4H2,2H3,(H,21,22,24). The average molecular weight is 332 g/mol. The Balaban J connectivity index is 2.05. The van der Waals surface area contributed by atoms with E-state index >= 15 is 0 Å². The second-order valence-corrected chi connectivity index (χ2v) is 5.51. The molecular formula is C19H16N4O2. The molecule has 0 saturated heterocycles. The van der Waals surface area contributed by atoms with Crippen LogP contribution in [0, 0.1) is 0 Å². The van der Waals surface area contributed by atoms with Gasteiger partial charge in [0, 0.05) is 23.8 Å². The third kappa shape index (κ3) is 2.39. The van der Waals surface area contributed by atoms with E-state index in [1.807, 2.05) is 31.2 Å². The molecule has 0 radical (unpaired) electrons. The van der Waals surface area contributed by atoms with Crippen LogP contribution in [-0.4, -0.2) is 26.1 Å². The quantitative estimate of drug-likeness (QED) is 0.622. The van der Waals surface area contributed by atoms with Crippen LogP contribution < -0.4 is 10.4 Å². The summed E-state index contributed by atoms with van der Waals surface area (Å²) in [7, 11) is 0. The van der Waals surface area contributed by atoms with Gasteiger partial charge >= 0.3 is 5.69 Å². The molecule has 0 amide bonds. The zero-order valence-electron chi connectivity index (χ0n) is 13.7. The normalized spacial score (nSPS) is 11.1. The number of rotatable bonds is 4. The fraction of sp³-hybridized carbons (Fsp3) is 0.105. The summed E-state index contributed by atoms with van der Waals surface area (Å²) in [5.41, 5.74) is 3.37. The van der Waals surface area contributed by atoms with Gasteiger partial charge in [-0.05, 0) is 36.8 Å². The SMILES string of the molecule is C=Cc1ccnc2ccc(-n3c(=O)[nH]c4nccc(OCC)c43)cc12.